The van der Waals surface area contributed by atoms with E-state index in [4.69, 9.17) is 5.73 Å². The molecule has 0 atom stereocenters. The Labute approximate surface area is 78.4 Å². The zero-order valence-corrected chi connectivity index (χ0v) is 7.83. The molecule has 2 nitrogen and oxygen atoms in total. The largest absolute Gasteiger partial charge is 0.508 e. The third-order valence-electron chi connectivity index (χ3n) is 2.85. The van der Waals surface area contributed by atoms with Gasteiger partial charge in [0.15, 0.2) is 0 Å². The van der Waals surface area contributed by atoms with E-state index in [9.17, 15) is 5.11 Å². The van der Waals surface area contributed by atoms with Gasteiger partial charge >= 0.3 is 0 Å². The van der Waals surface area contributed by atoms with E-state index in [1.165, 1.54) is 0 Å². The minimum Gasteiger partial charge on any atom is -0.508 e. The number of phenolic OH excluding ortho intramolecular Hbond substituents is 1. The summed E-state index contributed by atoms with van der Waals surface area (Å²) in [7, 11) is 0. The fourth-order valence-electron chi connectivity index (χ4n) is 2.24. The van der Waals surface area contributed by atoms with Crippen LogP contribution in [-0.4, -0.2) is 5.11 Å². The molecule has 1 aromatic rings. The molecular weight excluding hydrogens is 162 g/mol. The number of rotatable bonds is 1. The van der Waals surface area contributed by atoms with Gasteiger partial charge in [-0.15, -0.1) is 0 Å². The number of aromatic hydroxyl groups is 1. The van der Waals surface area contributed by atoms with Gasteiger partial charge in [0.2, 0.25) is 0 Å². The Bertz CT molecular complexity index is 316. The second kappa shape index (κ2) is 2.74. The molecule has 3 N–H and O–H groups in total. The molecular formula is C11H15NO. The summed E-state index contributed by atoms with van der Waals surface area (Å²) in [5.41, 5.74) is 7.05. The fraction of sp³-hybridized carbons (Fsp3) is 0.455. The van der Waals surface area contributed by atoms with Crippen molar-refractivity contribution in [2.24, 2.45) is 11.7 Å². The minimum absolute atomic E-state index is 0.182. The van der Waals surface area contributed by atoms with E-state index in [-0.39, 0.29) is 5.54 Å². The average Bonchev–Trinajstić information content (AvgIpc) is 2.02. The topological polar surface area (TPSA) is 46.2 Å². The predicted molar refractivity (Wildman–Crippen MR) is 52.4 cm³/mol. The van der Waals surface area contributed by atoms with E-state index in [1.54, 1.807) is 12.1 Å². The first-order valence-corrected chi connectivity index (χ1v) is 4.68. The summed E-state index contributed by atoms with van der Waals surface area (Å²) < 4.78 is 0. The van der Waals surface area contributed by atoms with Crippen LogP contribution >= 0.6 is 0 Å². The van der Waals surface area contributed by atoms with Crippen molar-refractivity contribution in [3.63, 3.8) is 0 Å². The van der Waals surface area contributed by atoms with Gasteiger partial charge in [0.25, 0.3) is 0 Å². The third kappa shape index (κ3) is 1.42. The van der Waals surface area contributed by atoms with Crippen LogP contribution in [0.2, 0.25) is 0 Å². The van der Waals surface area contributed by atoms with Crippen molar-refractivity contribution in [1.29, 1.82) is 0 Å². The zero-order valence-electron chi connectivity index (χ0n) is 7.83. The number of hydrogen-bond acceptors (Lipinski definition) is 2. The monoisotopic (exact) mass is 177 g/mol. The van der Waals surface area contributed by atoms with Gasteiger partial charge in [0.05, 0.1) is 0 Å². The molecule has 0 unspecified atom stereocenters. The first kappa shape index (κ1) is 8.57. The molecule has 1 aliphatic rings. The molecule has 0 bridgehead atoms. The molecule has 0 aromatic heterocycles. The molecule has 2 rings (SSSR count). The van der Waals surface area contributed by atoms with Crippen molar-refractivity contribution in [2.75, 3.05) is 0 Å². The molecule has 0 radical (unpaired) electrons. The summed E-state index contributed by atoms with van der Waals surface area (Å²) in [5, 5.41) is 9.31. The molecule has 0 amide bonds. The van der Waals surface area contributed by atoms with Crippen LogP contribution in [-0.2, 0) is 5.54 Å². The van der Waals surface area contributed by atoms with Crippen LogP contribution in [0.5, 0.6) is 5.75 Å². The molecule has 1 saturated carbocycles. The van der Waals surface area contributed by atoms with Crippen LogP contribution in [0.3, 0.4) is 0 Å². The SMILES string of the molecule is CC1CC(N)(c2cccc(O)c2)C1. The van der Waals surface area contributed by atoms with E-state index in [0.717, 1.165) is 18.4 Å². The summed E-state index contributed by atoms with van der Waals surface area (Å²) in [5.74, 6) is 1.02. The third-order valence-corrected chi connectivity index (χ3v) is 2.85. The summed E-state index contributed by atoms with van der Waals surface area (Å²) >= 11 is 0. The Balaban J connectivity index is 2.26. The maximum Gasteiger partial charge on any atom is 0.115 e. The predicted octanol–water partition coefficient (Wildman–Crippen LogP) is 1.98. The number of phenols is 1. The Morgan fingerprint density at radius 2 is 2.15 bits per heavy atom. The average molecular weight is 177 g/mol. The highest BCUT2D eigenvalue weighted by atomic mass is 16.3. The second-order valence-electron chi connectivity index (χ2n) is 4.22. The van der Waals surface area contributed by atoms with Crippen LogP contribution < -0.4 is 5.73 Å². The maximum atomic E-state index is 9.31. The molecule has 0 aliphatic heterocycles. The highest BCUT2D eigenvalue weighted by Crippen LogP contribution is 2.43. The Morgan fingerprint density at radius 3 is 2.69 bits per heavy atom. The minimum atomic E-state index is -0.182. The first-order chi connectivity index (χ1) is 6.10. The van der Waals surface area contributed by atoms with Gasteiger partial charge in [-0.05, 0) is 36.5 Å². The lowest BCUT2D eigenvalue weighted by atomic mass is 9.66. The van der Waals surface area contributed by atoms with Crippen molar-refractivity contribution >= 4 is 0 Å². The van der Waals surface area contributed by atoms with Gasteiger partial charge in [-0.3, -0.25) is 0 Å². The van der Waals surface area contributed by atoms with Crippen LogP contribution in [0.1, 0.15) is 25.3 Å². The molecule has 0 spiro atoms. The molecule has 0 saturated heterocycles. The molecule has 2 heteroatoms. The van der Waals surface area contributed by atoms with E-state index in [1.807, 2.05) is 12.1 Å². The van der Waals surface area contributed by atoms with Crippen molar-refractivity contribution < 1.29 is 5.11 Å². The molecule has 1 aromatic carbocycles. The molecule has 1 aliphatic carbocycles. The van der Waals surface area contributed by atoms with E-state index in [2.05, 4.69) is 6.92 Å². The van der Waals surface area contributed by atoms with E-state index >= 15 is 0 Å². The van der Waals surface area contributed by atoms with Gasteiger partial charge in [-0.2, -0.15) is 0 Å². The van der Waals surface area contributed by atoms with Crippen LogP contribution in [0.15, 0.2) is 24.3 Å². The van der Waals surface area contributed by atoms with Gasteiger partial charge in [0, 0.05) is 5.54 Å². The van der Waals surface area contributed by atoms with Crippen LogP contribution in [0, 0.1) is 5.92 Å². The summed E-state index contributed by atoms with van der Waals surface area (Å²) in [6, 6.07) is 7.29. The van der Waals surface area contributed by atoms with Gasteiger partial charge < -0.3 is 10.8 Å². The smallest absolute Gasteiger partial charge is 0.115 e. The Morgan fingerprint density at radius 1 is 1.46 bits per heavy atom. The molecule has 1 fully saturated rings. The van der Waals surface area contributed by atoms with Gasteiger partial charge in [0.1, 0.15) is 5.75 Å². The Hall–Kier alpha value is -1.02. The van der Waals surface area contributed by atoms with E-state index < -0.39 is 0 Å². The highest BCUT2D eigenvalue weighted by Gasteiger charge is 2.39. The quantitative estimate of drug-likeness (QED) is 0.689. The van der Waals surface area contributed by atoms with Crippen molar-refractivity contribution in [3.8, 4) is 5.75 Å². The normalized spacial score (nSPS) is 32.6. The van der Waals surface area contributed by atoms with Crippen molar-refractivity contribution in [3.05, 3.63) is 29.8 Å². The highest BCUT2D eigenvalue weighted by molar-refractivity contribution is 5.33. The lowest BCUT2D eigenvalue weighted by Gasteiger charge is -2.44. The lowest BCUT2D eigenvalue weighted by Crippen LogP contribution is -2.47. The van der Waals surface area contributed by atoms with Gasteiger partial charge in [-0.1, -0.05) is 19.1 Å². The summed E-state index contributed by atoms with van der Waals surface area (Å²) in [6.45, 7) is 2.20. The lowest BCUT2D eigenvalue weighted by molar-refractivity contribution is 0.163. The maximum absolute atomic E-state index is 9.31. The summed E-state index contributed by atoms with van der Waals surface area (Å²) in [4.78, 5) is 0. The molecule has 0 heterocycles. The van der Waals surface area contributed by atoms with Crippen LogP contribution in [0.25, 0.3) is 0 Å². The van der Waals surface area contributed by atoms with E-state index in [0.29, 0.717) is 11.7 Å². The fourth-order valence-corrected chi connectivity index (χ4v) is 2.24. The van der Waals surface area contributed by atoms with Crippen molar-refractivity contribution in [2.45, 2.75) is 25.3 Å². The number of benzene rings is 1. The Kier molecular flexibility index (Phi) is 1.81. The molecule has 70 valence electrons. The zero-order chi connectivity index (χ0) is 9.47. The van der Waals surface area contributed by atoms with Crippen molar-refractivity contribution in [1.82, 2.24) is 0 Å². The van der Waals surface area contributed by atoms with Crippen LogP contribution in [0.4, 0.5) is 0 Å². The second-order valence-corrected chi connectivity index (χ2v) is 4.22. The van der Waals surface area contributed by atoms with Gasteiger partial charge in [-0.25, -0.2) is 0 Å². The first-order valence-electron chi connectivity index (χ1n) is 4.68. The molecule has 13 heavy (non-hydrogen) atoms. The number of nitrogens with two attached hydrogens (primary N) is 1. The summed E-state index contributed by atoms with van der Waals surface area (Å²) in [6.07, 6.45) is 2.05. The number of hydrogen-bond donors (Lipinski definition) is 2. The standard InChI is InChI=1S/C11H15NO/c1-8-6-11(12,7-8)9-3-2-4-10(13)5-9/h2-5,8,13H,6-7,12H2,1H3.